The lowest BCUT2D eigenvalue weighted by atomic mass is 9.78. The van der Waals surface area contributed by atoms with Crippen molar-refractivity contribution in [3.8, 4) is 5.75 Å². The van der Waals surface area contributed by atoms with Gasteiger partial charge < -0.3 is 14.4 Å². The van der Waals surface area contributed by atoms with E-state index in [4.69, 9.17) is 9.31 Å². The van der Waals surface area contributed by atoms with Crippen molar-refractivity contribution in [3.05, 3.63) is 35.1 Å². The van der Waals surface area contributed by atoms with Gasteiger partial charge in [-0.1, -0.05) is 17.8 Å². The maximum Gasteiger partial charge on any atom is 0.491 e. The Hall–Kier alpha value is -1.31. The molecular weight excluding hydrogens is 330 g/mol. The van der Waals surface area contributed by atoms with E-state index in [1.807, 2.05) is 27.7 Å². The number of halogens is 1. The second-order valence-electron chi connectivity index (χ2n) is 6.79. The van der Waals surface area contributed by atoms with Crippen LogP contribution in [0.15, 0.2) is 23.7 Å². The van der Waals surface area contributed by atoms with Crippen LogP contribution in [-0.4, -0.2) is 34.3 Å². The number of phenols is 1. The van der Waals surface area contributed by atoms with Crippen LogP contribution >= 0.6 is 11.8 Å². The minimum atomic E-state index is -0.677. The molecule has 0 aromatic heterocycles. The number of hydrogen-bond donors (Lipinski definition) is 1. The predicted octanol–water partition coefficient (Wildman–Crippen LogP) is 3.83. The Labute approximate surface area is 146 Å². The first-order valence-electron chi connectivity index (χ1n) is 7.70. The van der Waals surface area contributed by atoms with Crippen molar-refractivity contribution in [2.45, 2.75) is 45.8 Å². The third-order valence-electron chi connectivity index (χ3n) is 4.32. The van der Waals surface area contributed by atoms with E-state index in [2.05, 4.69) is 0 Å². The number of benzene rings is 1. The van der Waals surface area contributed by atoms with E-state index in [0.717, 1.165) is 11.8 Å². The van der Waals surface area contributed by atoms with E-state index in [0.29, 0.717) is 11.2 Å². The van der Waals surface area contributed by atoms with Gasteiger partial charge in [0.05, 0.1) is 11.2 Å². The van der Waals surface area contributed by atoms with Gasteiger partial charge in [0, 0.05) is 18.2 Å². The van der Waals surface area contributed by atoms with Crippen molar-refractivity contribution in [1.82, 2.24) is 0 Å². The van der Waals surface area contributed by atoms with Crippen LogP contribution in [0.3, 0.4) is 0 Å². The fourth-order valence-corrected chi connectivity index (χ4v) is 2.79. The highest BCUT2D eigenvalue weighted by Gasteiger charge is 2.52. The van der Waals surface area contributed by atoms with Crippen molar-refractivity contribution in [2.24, 2.45) is 0 Å². The van der Waals surface area contributed by atoms with Gasteiger partial charge in [0.2, 0.25) is 0 Å². The van der Waals surface area contributed by atoms with Crippen LogP contribution in [0.25, 0.3) is 6.08 Å². The Morgan fingerprint density at radius 1 is 1.29 bits per heavy atom. The molecule has 7 heteroatoms. The number of carbonyl (C=O) groups is 1. The van der Waals surface area contributed by atoms with E-state index in [-0.39, 0.29) is 16.4 Å². The Morgan fingerprint density at radius 2 is 1.88 bits per heavy atom. The minimum Gasteiger partial charge on any atom is -0.508 e. The molecule has 1 aliphatic rings. The molecule has 0 unspecified atom stereocenters. The van der Waals surface area contributed by atoms with E-state index in [1.54, 1.807) is 6.08 Å². The molecule has 0 spiro atoms. The first-order chi connectivity index (χ1) is 11.0. The smallest absolute Gasteiger partial charge is 0.491 e. The molecule has 130 valence electrons. The molecule has 1 saturated heterocycles. The lowest BCUT2D eigenvalue weighted by Gasteiger charge is -2.32. The molecule has 24 heavy (non-hydrogen) atoms. The van der Waals surface area contributed by atoms with Crippen LogP contribution in [0.2, 0.25) is 0 Å². The summed E-state index contributed by atoms with van der Waals surface area (Å²) in [6, 6.07) is 3.81. The molecular formula is C17H22BFO4S. The van der Waals surface area contributed by atoms with Crippen LogP contribution in [-0.2, 0) is 14.1 Å². The highest BCUT2D eigenvalue weighted by Crippen LogP contribution is 2.39. The summed E-state index contributed by atoms with van der Waals surface area (Å²) in [7, 11) is -0.677. The van der Waals surface area contributed by atoms with Crippen LogP contribution in [0.1, 0.15) is 40.2 Å². The summed E-state index contributed by atoms with van der Waals surface area (Å²) in [4.78, 5) is 11.3. The maximum atomic E-state index is 14.0. The average molecular weight is 352 g/mol. The van der Waals surface area contributed by atoms with Crippen molar-refractivity contribution in [3.63, 3.8) is 0 Å². The zero-order valence-corrected chi connectivity index (χ0v) is 15.4. The van der Waals surface area contributed by atoms with E-state index in [1.165, 1.54) is 25.1 Å². The molecule has 1 aromatic carbocycles. The molecule has 0 aliphatic carbocycles. The lowest BCUT2D eigenvalue weighted by Crippen LogP contribution is -2.41. The fraction of sp³-hybridized carbons (Fsp3) is 0.471. The lowest BCUT2D eigenvalue weighted by molar-refractivity contribution is -0.109. The van der Waals surface area contributed by atoms with Crippen LogP contribution in [0.4, 0.5) is 4.39 Å². The van der Waals surface area contributed by atoms with Gasteiger partial charge in [0.15, 0.2) is 5.12 Å². The number of hydrogen-bond acceptors (Lipinski definition) is 5. The zero-order chi connectivity index (χ0) is 18.1. The van der Waals surface area contributed by atoms with Gasteiger partial charge in [0.1, 0.15) is 11.6 Å². The number of thioether (sulfide) groups is 1. The first kappa shape index (κ1) is 19.0. The minimum absolute atomic E-state index is 0.0323. The summed E-state index contributed by atoms with van der Waals surface area (Å²) in [6.07, 6.45) is 1.58. The number of carbonyl (C=O) groups excluding carboxylic acids is 1. The zero-order valence-electron chi connectivity index (χ0n) is 14.6. The SMILES string of the molecule is CC(=O)SCC(=Cc1cc(O)ccc1F)B1OC(C)(C)C(C)(C)O1. The average Bonchev–Trinajstić information content (AvgIpc) is 2.66. The van der Waals surface area contributed by atoms with E-state index in [9.17, 15) is 14.3 Å². The highest BCUT2D eigenvalue weighted by molar-refractivity contribution is 8.13. The van der Waals surface area contributed by atoms with Crippen LogP contribution in [0, 0.1) is 5.82 Å². The van der Waals surface area contributed by atoms with Crippen LogP contribution in [0.5, 0.6) is 5.75 Å². The fourth-order valence-electron chi connectivity index (χ4n) is 2.20. The van der Waals surface area contributed by atoms with Crippen LogP contribution < -0.4 is 0 Å². The third kappa shape index (κ3) is 4.20. The van der Waals surface area contributed by atoms with Crippen molar-refractivity contribution < 1.29 is 23.6 Å². The monoisotopic (exact) mass is 352 g/mol. The van der Waals surface area contributed by atoms with Crippen molar-refractivity contribution in [1.29, 1.82) is 0 Å². The summed E-state index contributed by atoms with van der Waals surface area (Å²) in [6.45, 7) is 9.19. The van der Waals surface area contributed by atoms with Gasteiger partial charge in [0.25, 0.3) is 0 Å². The molecule has 0 saturated carbocycles. The van der Waals surface area contributed by atoms with Gasteiger partial charge in [-0.15, -0.1) is 0 Å². The Kier molecular flexibility index (Phi) is 5.47. The molecule has 0 bridgehead atoms. The number of rotatable bonds is 4. The third-order valence-corrected chi connectivity index (χ3v) is 5.20. The molecule has 2 rings (SSSR count). The first-order valence-corrected chi connectivity index (χ1v) is 8.68. The molecule has 0 atom stereocenters. The van der Waals surface area contributed by atoms with Gasteiger partial charge >= 0.3 is 7.12 Å². The molecule has 1 fully saturated rings. The molecule has 1 aliphatic heterocycles. The maximum absolute atomic E-state index is 14.0. The number of phenolic OH excluding ortho intramolecular Hbond substituents is 1. The molecule has 1 heterocycles. The summed E-state index contributed by atoms with van der Waals surface area (Å²) in [5.74, 6) is -0.175. The quantitative estimate of drug-likeness (QED) is 0.835. The summed E-state index contributed by atoms with van der Waals surface area (Å²) >= 11 is 1.10. The normalized spacial score (nSPS) is 19.6. The van der Waals surface area contributed by atoms with E-state index >= 15 is 0 Å². The van der Waals surface area contributed by atoms with Gasteiger partial charge in [-0.2, -0.15) is 0 Å². The topological polar surface area (TPSA) is 55.8 Å². The Morgan fingerprint density at radius 3 is 2.42 bits per heavy atom. The standard InChI is InChI=1S/C17H22BFO4S/c1-11(20)24-10-13(8-12-9-14(21)6-7-15(12)19)18-22-16(2,3)17(4,5)23-18/h6-9,21H,10H2,1-5H3. The second-order valence-corrected chi connectivity index (χ2v) is 7.95. The predicted molar refractivity (Wildman–Crippen MR) is 95.3 cm³/mol. The summed E-state index contributed by atoms with van der Waals surface area (Å²) < 4.78 is 26.0. The Bertz CT molecular complexity index is 657. The highest BCUT2D eigenvalue weighted by atomic mass is 32.2. The molecule has 4 nitrogen and oxygen atoms in total. The molecule has 1 N–H and O–H groups in total. The molecule has 0 amide bonds. The molecule has 1 aromatic rings. The number of aromatic hydroxyl groups is 1. The Balaban J connectivity index is 2.37. The summed E-state index contributed by atoms with van der Waals surface area (Å²) in [5, 5.41) is 9.53. The second kappa shape index (κ2) is 6.90. The van der Waals surface area contributed by atoms with Crippen molar-refractivity contribution >= 4 is 30.1 Å². The molecule has 0 radical (unpaired) electrons. The van der Waals surface area contributed by atoms with Crippen molar-refractivity contribution in [2.75, 3.05) is 5.75 Å². The van der Waals surface area contributed by atoms with Gasteiger partial charge in [-0.05, 0) is 51.4 Å². The van der Waals surface area contributed by atoms with Gasteiger partial charge in [-0.3, -0.25) is 4.79 Å². The van der Waals surface area contributed by atoms with Gasteiger partial charge in [-0.25, -0.2) is 4.39 Å². The van der Waals surface area contributed by atoms with E-state index < -0.39 is 24.1 Å². The largest absolute Gasteiger partial charge is 0.508 e. The summed E-state index contributed by atoms with van der Waals surface area (Å²) in [5.41, 5.74) is -0.202.